The van der Waals surface area contributed by atoms with E-state index in [2.05, 4.69) is 15.3 Å². The van der Waals surface area contributed by atoms with Gasteiger partial charge in [-0.25, -0.2) is 14.4 Å². The predicted octanol–water partition coefficient (Wildman–Crippen LogP) is 5.03. The lowest BCUT2D eigenvalue weighted by molar-refractivity contribution is 0.0944. The summed E-state index contributed by atoms with van der Waals surface area (Å²) in [6.45, 7) is 4.57. The highest BCUT2D eigenvalue weighted by Gasteiger charge is 2.25. The number of nitrogens with zero attached hydrogens (tertiary/aromatic N) is 3. The molecule has 8 heteroatoms. The number of ether oxygens (including phenoxy) is 2. The molecule has 1 amide bonds. The zero-order valence-electron chi connectivity index (χ0n) is 21.4. The van der Waals surface area contributed by atoms with Crippen LogP contribution in [0.4, 0.5) is 10.2 Å². The minimum absolute atomic E-state index is 0.151. The molecule has 0 radical (unpaired) electrons. The van der Waals surface area contributed by atoms with Crippen molar-refractivity contribution in [3.05, 3.63) is 65.6 Å². The molecule has 2 fully saturated rings. The lowest BCUT2D eigenvalue weighted by Crippen LogP contribution is -2.39. The zero-order valence-corrected chi connectivity index (χ0v) is 21.4. The van der Waals surface area contributed by atoms with Crippen molar-refractivity contribution < 1.29 is 18.7 Å². The minimum Gasteiger partial charge on any atom is -0.497 e. The van der Waals surface area contributed by atoms with Gasteiger partial charge in [0.2, 0.25) is 0 Å². The Morgan fingerprint density at radius 2 is 1.86 bits per heavy atom. The van der Waals surface area contributed by atoms with E-state index in [0.29, 0.717) is 66.8 Å². The van der Waals surface area contributed by atoms with Crippen LogP contribution in [0.3, 0.4) is 0 Å². The molecule has 1 aliphatic heterocycles. The first-order valence-corrected chi connectivity index (χ1v) is 12.9. The summed E-state index contributed by atoms with van der Waals surface area (Å²) in [5.41, 5.74) is 2.50. The van der Waals surface area contributed by atoms with Crippen molar-refractivity contribution in [3.63, 3.8) is 0 Å². The summed E-state index contributed by atoms with van der Waals surface area (Å²) in [5, 5.41) is 3.06. The quantitative estimate of drug-likeness (QED) is 0.440. The number of anilines is 1. The predicted molar refractivity (Wildman–Crippen MR) is 141 cm³/mol. The molecule has 2 aromatic carbocycles. The molecule has 1 saturated carbocycles. The van der Waals surface area contributed by atoms with Crippen LogP contribution in [0.5, 0.6) is 11.5 Å². The first-order chi connectivity index (χ1) is 18.0. The van der Waals surface area contributed by atoms with Gasteiger partial charge in [-0.2, -0.15) is 0 Å². The number of piperidine rings is 1. The van der Waals surface area contributed by atoms with Crippen molar-refractivity contribution in [1.29, 1.82) is 0 Å². The molecular weight excluding hydrogens is 471 g/mol. The number of hydrogen-bond donors (Lipinski definition) is 1. The third kappa shape index (κ3) is 6.37. The van der Waals surface area contributed by atoms with Crippen LogP contribution in [-0.4, -0.2) is 49.2 Å². The van der Waals surface area contributed by atoms with Crippen LogP contribution in [0.2, 0.25) is 0 Å². The first kappa shape index (κ1) is 25.0. The maximum Gasteiger partial charge on any atom is 0.251 e. The van der Waals surface area contributed by atoms with Gasteiger partial charge in [-0.3, -0.25) is 4.79 Å². The smallest absolute Gasteiger partial charge is 0.251 e. The summed E-state index contributed by atoms with van der Waals surface area (Å²) in [6, 6.07) is 13.2. The number of rotatable bonds is 9. The number of methoxy groups -OCH3 is 1. The molecule has 1 aliphatic carbocycles. The van der Waals surface area contributed by atoms with Crippen LogP contribution in [0, 0.1) is 24.6 Å². The lowest BCUT2D eigenvalue weighted by Gasteiger charge is -2.33. The number of carbonyl (C=O) groups is 1. The van der Waals surface area contributed by atoms with Crippen LogP contribution in [-0.2, 0) is 0 Å². The summed E-state index contributed by atoms with van der Waals surface area (Å²) in [6.07, 6.45) is 5.32. The molecule has 0 atom stereocenters. The second-order valence-electron chi connectivity index (χ2n) is 10.0. The largest absolute Gasteiger partial charge is 0.497 e. The Labute approximate surface area is 217 Å². The molecule has 37 heavy (non-hydrogen) atoms. The molecule has 1 aromatic heterocycles. The van der Waals surface area contributed by atoms with Crippen molar-refractivity contribution in [2.24, 2.45) is 11.8 Å². The van der Waals surface area contributed by atoms with Gasteiger partial charge in [0, 0.05) is 36.8 Å². The van der Waals surface area contributed by atoms with Gasteiger partial charge in [-0.15, -0.1) is 0 Å². The lowest BCUT2D eigenvalue weighted by atomic mass is 9.96. The van der Waals surface area contributed by atoms with Crippen LogP contribution >= 0.6 is 0 Å². The van der Waals surface area contributed by atoms with Crippen LogP contribution in [0.25, 0.3) is 11.4 Å². The van der Waals surface area contributed by atoms with Crippen molar-refractivity contribution in [2.45, 2.75) is 32.6 Å². The molecule has 7 nitrogen and oxygen atoms in total. The molecule has 2 heterocycles. The average Bonchev–Trinajstić information content (AvgIpc) is 3.76. The Morgan fingerprint density at radius 3 is 2.59 bits per heavy atom. The number of carbonyl (C=O) groups excluding carboxylic acids is 1. The fourth-order valence-corrected chi connectivity index (χ4v) is 4.59. The van der Waals surface area contributed by atoms with E-state index in [1.54, 1.807) is 19.2 Å². The molecular formula is C29H33FN4O3. The SMILES string of the molecule is COc1cc(OCC2CC2)cc(C(=O)NCC2CCN(c3nc(-c4cccc(C)c4)ncc3F)CC2)c1. The Kier molecular flexibility index (Phi) is 7.53. The van der Waals surface area contributed by atoms with Gasteiger partial charge >= 0.3 is 0 Å². The fourth-order valence-electron chi connectivity index (χ4n) is 4.59. The Hall–Kier alpha value is -3.68. The third-order valence-corrected chi connectivity index (χ3v) is 7.03. The highest BCUT2D eigenvalue weighted by molar-refractivity contribution is 5.95. The average molecular weight is 505 g/mol. The molecule has 0 bridgehead atoms. The van der Waals surface area contributed by atoms with Crippen molar-refractivity contribution >= 4 is 11.7 Å². The highest BCUT2D eigenvalue weighted by atomic mass is 19.1. The highest BCUT2D eigenvalue weighted by Crippen LogP contribution is 2.31. The van der Waals surface area contributed by atoms with E-state index in [4.69, 9.17) is 9.47 Å². The number of halogens is 1. The molecule has 1 saturated heterocycles. The van der Waals surface area contributed by atoms with Gasteiger partial charge in [0.05, 0.1) is 19.9 Å². The number of benzene rings is 2. The summed E-state index contributed by atoms with van der Waals surface area (Å²) >= 11 is 0. The second kappa shape index (κ2) is 11.2. The molecule has 0 spiro atoms. The Bertz CT molecular complexity index is 1260. The van der Waals surface area contributed by atoms with E-state index in [9.17, 15) is 9.18 Å². The zero-order chi connectivity index (χ0) is 25.8. The third-order valence-electron chi connectivity index (χ3n) is 7.03. The molecule has 194 valence electrons. The van der Waals surface area contributed by atoms with E-state index in [1.165, 1.54) is 19.0 Å². The standard InChI is InChI=1S/C29H33FN4O3/c1-19-4-3-5-22(12-19)27-31-17-26(30)28(33-27)34-10-8-20(9-11-34)16-32-29(35)23-13-24(36-2)15-25(14-23)37-18-21-6-7-21/h3-5,12-15,17,20-21H,6-11,16,18H2,1-2H3,(H,32,35). The summed E-state index contributed by atoms with van der Waals surface area (Å²) in [4.78, 5) is 23.6. The first-order valence-electron chi connectivity index (χ1n) is 12.9. The van der Waals surface area contributed by atoms with E-state index < -0.39 is 5.82 Å². The number of aryl methyl sites for hydroxylation is 1. The number of aromatic nitrogens is 2. The minimum atomic E-state index is -0.416. The molecule has 5 rings (SSSR count). The normalized spacial score (nSPS) is 15.9. The van der Waals surface area contributed by atoms with Gasteiger partial charge < -0.3 is 19.7 Å². The topological polar surface area (TPSA) is 76.6 Å². The van der Waals surface area contributed by atoms with Crippen molar-refractivity contribution in [1.82, 2.24) is 15.3 Å². The maximum atomic E-state index is 14.6. The summed E-state index contributed by atoms with van der Waals surface area (Å²) in [7, 11) is 1.58. The van der Waals surface area contributed by atoms with Crippen molar-refractivity contribution in [2.75, 3.05) is 38.3 Å². The van der Waals surface area contributed by atoms with E-state index in [1.807, 2.05) is 42.2 Å². The number of nitrogens with one attached hydrogen (secondary N) is 1. The molecule has 3 aromatic rings. The van der Waals surface area contributed by atoms with Gasteiger partial charge in [-0.05, 0) is 62.6 Å². The summed E-state index contributed by atoms with van der Waals surface area (Å²) in [5.74, 6) is 2.47. The molecule has 0 unspecified atom stereocenters. The van der Waals surface area contributed by atoms with Gasteiger partial charge in [0.15, 0.2) is 17.5 Å². The van der Waals surface area contributed by atoms with Gasteiger partial charge in [0.25, 0.3) is 5.91 Å². The van der Waals surface area contributed by atoms with Crippen LogP contribution in [0.15, 0.2) is 48.7 Å². The van der Waals surface area contributed by atoms with Gasteiger partial charge in [-0.1, -0.05) is 23.8 Å². The van der Waals surface area contributed by atoms with Crippen LogP contribution < -0.4 is 19.7 Å². The molecule has 1 N–H and O–H groups in total. The van der Waals surface area contributed by atoms with E-state index in [0.717, 1.165) is 24.0 Å². The number of amides is 1. The van der Waals surface area contributed by atoms with E-state index >= 15 is 0 Å². The Balaban J connectivity index is 1.16. The Morgan fingerprint density at radius 1 is 1.08 bits per heavy atom. The van der Waals surface area contributed by atoms with Gasteiger partial charge in [0.1, 0.15) is 11.5 Å². The van der Waals surface area contributed by atoms with Crippen molar-refractivity contribution in [3.8, 4) is 22.9 Å². The summed E-state index contributed by atoms with van der Waals surface area (Å²) < 4.78 is 25.9. The molecule has 2 aliphatic rings. The monoisotopic (exact) mass is 504 g/mol. The number of hydrogen-bond acceptors (Lipinski definition) is 6. The van der Waals surface area contributed by atoms with Crippen LogP contribution in [0.1, 0.15) is 41.6 Å². The van der Waals surface area contributed by atoms with E-state index in [-0.39, 0.29) is 5.91 Å². The second-order valence-corrected chi connectivity index (χ2v) is 10.0. The fraction of sp³-hybridized carbons (Fsp3) is 0.414. The maximum absolute atomic E-state index is 14.6.